The summed E-state index contributed by atoms with van der Waals surface area (Å²) >= 11 is 0. The molecule has 1 aliphatic rings. The first-order valence-corrected chi connectivity index (χ1v) is 7.93. The highest BCUT2D eigenvalue weighted by Gasteiger charge is 2.27. The topological polar surface area (TPSA) is 52.6 Å². The van der Waals surface area contributed by atoms with Crippen LogP contribution in [0.5, 0.6) is 11.5 Å². The Balaban J connectivity index is 2.11. The van der Waals surface area contributed by atoms with Crippen LogP contribution in [0, 0.1) is 0 Å². The highest BCUT2D eigenvalue weighted by molar-refractivity contribution is 8.00. The number of hydrogen-bond acceptors (Lipinski definition) is 4. The molecule has 21 heavy (non-hydrogen) atoms. The van der Waals surface area contributed by atoms with Crippen molar-refractivity contribution < 1.29 is 17.9 Å². The van der Waals surface area contributed by atoms with Gasteiger partial charge in [0.05, 0.1) is 16.9 Å². The predicted octanol–water partition coefficient (Wildman–Crippen LogP) is 2.90. The average Bonchev–Trinajstić information content (AvgIpc) is 2.54. The molecule has 0 spiro atoms. The fourth-order valence-electron chi connectivity index (χ4n) is 2.25. The molecule has 0 aromatic heterocycles. The van der Waals surface area contributed by atoms with Crippen LogP contribution in [0.15, 0.2) is 59.5 Å². The van der Waals surface area contributed by atoms with Gasteiger partial charge in [0.2, 0.25) is 9.84 Å². The monoisotopic (exact) mass is 302 g/mol. The lowest BCUT2D eigenvalue weighted by atomic mass is 10.1. The number of rotatable bonds is 3. The minimum atomic E-state index is -3.55. The van der Waals surface area contributed by atoms with Crippen molar-refractivity contribution in [2.24, 2.45) is 0 Å². The molecule has 2 aromatic carbocycles. The van der Waals surface area contributed by atoms with Crippen molar-refractivity contribution in [2.75, 3.05) is 13.7 Å². The Morgan fingerprint density at radius 3 is 2.57 bits per heavy atom. The average molecular weight is 302 g/mol. The summed E-state index contributed by atoms with van der Waals surface area (Å²) in [6.07, 6.45) is 1.59. The van der Waals surface area contributed by atoms with Crippen molar-refractivity contribution in [3.05, 3.63) is 60.2 Å². The predicted molar refractivity (Wildman–Crippen MR) is 80.1 cm³/mol. The summed E-state index contributed by atoms with van der Waals surface area (Å²) in [6, 6.07) is 13.5. The minimum absolute atomic E-state index is 0.224. The third-order valence-corrected chi connectivity index (χ3v) is 5.16. The van der Waals surface area contributed by atoms with Crippen LogP contribution in [-0.4, -0.2) is 22.1 Å². The van der Waals surface area contributed by atoms with Crippen LogP contribution in [0.2, 0.25) is 0 Å². The van der Waals surface area contributed by atoms with E-state index in [1.165, 1.54) is 0 Å². The van der Waals surface area contributed by atoms with Gasteiger partial charge in [0, 0.05) is 11.6 Å². The fourth-order valence-corrected chi connectivity index (χ4v) is 3.77. The minimum Gasteiger partial charge on any atom is -0.497 e. The molecular weight excluding hydrogens is 288 g/mol. The fraction of sp³-hybridized carbons (Fsp3) is 0.125. The van der Waals surface area contributed by atoms with Crippen LogP contribution in [0.1, 0.15) is 5.56 Å². The molecule has 1 heterocycles. The summed E-state index contributed by atoms with van der Waals surface area (Å²) in [6.45, 7) is 0.224. The Kier molecular flexibility index (Phi) is 3.43. The summed E-state index contributed by atoms with van der Waals surface area (Å²) in [4.78, 5) is 0.553. The van der Waals surface area contributed by atoms with E-state index in [9.17, 15) is 8.42 Å². The van der Waals surface area contributed by atoms with Gasteiger partial charge in [-0.15, -0.1) is 0 Å². The normalized spacial score (nSPS) is 13.9. The van der Waals surface area contributed by atoms with Crippen LogP contribution in [-0.2, 0) is 9.84 Å². The van der Waals surface area contributed by atoms with E-state index in [1.54, 1.807) is 61.7 Å². The Bertz CT molecular complexity index is 792. The van der Waals surface area contributed by atoms with Crippen LogP contribution in [0.3, 0.4) is 0 Å². The summed E-state index contributed by atoms with van der Waals surface area (Å²) in [5.74, 6) is 1.15. The van der Waals surface area contributed by atoms with E-state index in [0.29, 0.717) is 17.1 Å². The van der Waals surface area contributed by atoms with Crippen LogP contribution in [0.25, 0.3) is 4.91 Å². The Labute approximate surface area is 123 Å². The van der Waals surface area contributed by atoms with Gasteiger partial charge in [-0.2, -0.15) is 0 Å². The number of benzene rings is 2. The summed E-state index contributed by atoms with van der Waals surface area (Å²) in [5.41, 5.74) is 0.561. The molecule has 0 radical (unpaired) electrons. The second kappa shape index (κ2) is 5.26. The Hall–Kier alpha value is -2.27. The number of ether oxygens (including phenoxy) is 2. The second-order valence-corrected chi connectivity index (χ2v) is 6.48. The Morgan fingerprint density at radius 2 is 1.86 bits per heavy atom. The third kappa shape index (κ3) is 2.40. The quantitative estimate of drug-likeness (QED) is 0.875. The zero-order chi connectivity index (χ0) is 14.9. The van der Waals surface area contributed by atoms with Crippen molar-refractivity contribution in [1.29, 1.82) is 0 Å². The second-order valence-electron chi connectivity index (χ2n) is 4.56. The van der Waals surface area contributed by atoms with Gasteiger partial charge in [-0.3, -0.25) is 0 Å². The molecule has 2 aromatic rings. The number of methoxy groups -OCH3 is 1. The summed E-state index contributed by atoms with van der Waals surface area (Å²) in [7, 11) is -2.00. The van der Waals surface area contributed by atoms with Crippen molar-refractivity contribution in [2.45, 2.75) is 4.90 Å². The van der Waals surface area contributed by atoms with E-state index >= 15 is 0 Å². The van der Waals surface area contributed by atoms with E-state index in [1.807, 2.05) is 0 Å². The number of sulfone groups is 1. The molecule has 0 aliphatic carbocycles. The van der Waals surface area contributed by atoms with Crippen molar-refractivity contribution >= 4 is 14.7 Å². The molecular formula is C16H14O4S. The van der Waals surface area contributed by atoms with E-state index in [4.69, 9.17) is 9.47 Å². The van der Waals surface area contributed by atoms with Gasteiger partial charge >= 0.3 is 0 Å². The third-order valence-electron chi connectivity index (χ3n) is 3.30. The standard InChI is InChI=1S/C16H14O4S/c1-19-12-7-8-14-15(11-12)20-10-9-16(14)21(17,18)13-5-3-2-4-6-13/h2-9,11H,10H2,1H3. The van der Waals surface area contributed by atoms with Crippen molar-refractivity contribution in [3.63, 3.8) is 0 Å². The molecule has 0 amide bonds. The zero-order valence-corrected chi connectivity index (χ0v) is 12.3. The first-order chi connectivity index (χ1) is 10.1. The molecule has 1 aliphatic heterocycles. The molecule has 0 atom stereocenters. The van der Waals surface area contributed by atoms with E-state index in [2.05, 4.69) is 0 Å². The molecule has 0 bridgehead atoms. The van der Waals surface area contributed by atoms with Gasteiger partial charge in [-0.25, -0.2) is 8.42 Å². The maximum atomic E-state index is 12.7. The zero-order valence-electron chi connectivity index (χ0n) is 11.4. The van der Waals surface area contributed by atoms with Crippen molar-refractivity contribution in [1.82, 2.24) is 0 Å². The molecule has 0 fully saturated rings. The molecule has 108 valence electrons. The lowest BCUT2D eigenvalue weighted by Gasteiger charge is -2.19. The number of fused-ring (bicyclic) bond motifs is 1. The molecule has 0 unspecified atom stereocenters. The van der Waals surface area contributed by atoms with Gasteiger partial charge < -0.3 is 9.47 Å². The highest BCUT2D eigenvalue weighted by Crippen LogP contribution is 2.38. The molecule has 3 rings (SSSR count). The van der Waals surface area contributed by atoms with Crippen LogP contribution >= 0.6 is 0 Å². The van der Waals surface area contributed by atoms with E-state index < -0.39 is 9.84 Å². The van der Waals surface area contributed by atoms with Crippen LogP contribution in [0.4, 0.5) is 0 Å². The summed E-state index contributed by atoms with van der Waals surface area (Å²) < 4.78 is 36.1. The molecule has 0 N–H and O–H groups in total. The van der Waals surface area contributed by atoms with Gasteiger partial charge in [0.25, 0.3) is 0 Å². The van der Waals surface area contributed by atoms with Gasteiger partial charge in [0.15, 0.2) is 0 Å². The smallest absolute Gasteiger partial charge is 0.207 e. The molecule has 0 saturated carbocycles. The maximum absolute atomic E-state index is 12.7. The van der Waals surface area contributed by atoms with Crippen LogP contribution < -0.4 is 9.47 Å². The lowest BCUT2D eigenvalue weighted by molar-refractivity contribution is 0.352. The van der Waals surface area contributed by atoms with E-state index in [0.717, 1.165) is 0 Å². The number of hydrogen-bond donors (Lipinski definition) is 0. The van der Waals surface area contributed by atoms with E-state index in [-0.39, 0.29) is 16.4 Å². The first kappa shape index (κ1) is 13.7. The first-order valence-electron chi connectivity index (χ1n) is 6.44. The largest absolute Gasteiger partial charge is 0.497 e. The van der Waals surface area contributed by atoms with Crippen molar-refractivity contribution in [3.8, 4) is 11.5 Å². The molecule has 4 nitrogen and oxygen atoms in total. The Morgan fingerprint density at radius 1 is 1.10 bits per heavy atom. The molecule has 5 heteroatoms. The highest BCUT2D eigenvalue weighted by atomic mass is 32.2. The van der Waals surface area contributed by atoms with Gasteiger partial charge in [-0.05, 0) is 30.3 Å². The van der Waals surface area contributed by atoms with Gasteiger partial charge in [-0.1, -0.05) is 18.2 Å². The summed E-state index contributed by atoms with van der Waals surface area (Å²) in [5, 5.41) is 0. The SMILES string of the molecule is COc1ccc2c(c1)OCC=C2S(=O)(=O)c1ccccc1. The van der Waals surface area contributed by atoms with Gasteiger partial charge in [0.1, 0.15) is 18.1 Å². The molecule has 0 saturated heterocycles. The maximum Gasteiger partial charge on any atom is 0.207 e. The lowest BCUT2D eigenvalue weighted by Crippen LogP contribution is -2.12.